The number of aliphatic hydroxyl groups is 1. The van der Waals surface area contributed by atoms with Gasteiger partial charge in [0.25, 0.3) is 0 Å². The van der Waals surface area contributed by atoms with E-state index in [-0.39, 0.29) is 12.4 Å². The number of esters is 1. The van der Waals surface area contributed by atoms with E-state index in [9.17, 15) is 14.3 Å². The van der Waals surface area contributed by atoms with Crippen molar-refractivity contribution in [3.8, 4) is 0 Å². The van der Waals surface area contributed by atoms with Crippen molar-refractivity contribution in [2.24, 2.45) is 5.92 Å². The molecule has 19 heavy (non-hydrogen) atoms. The van der Waals surface area contributed by atoms with E-state index in [1.165, 1.54) is 6.07 Å². The summed E-state index contributed by atoms with van der Waals surface area (Å²) in [6, 6.07) is 4.66. The van der Waals surface area contributed by atoms with Crippen molar-refractivity contribution in [3.63, 3.8) is 0 Å². The zero-order chi connectivity index (χ0) is 14.0. The van der Waals surface area contributed by atoms with Crippen molar-refractivity contribution in [1.29, 1.82) is 0 Å². The van der Waals surface area contributed by atoms with Gasteiger partial charge in [-0.25, -0.2) is 4.39 Å². The quantitative estimate of drug-likeness (QED) is 0.855. The normalized spacial score (nSPS) is 23.6. The summed E-state index contributed by atoms with van der Waals surface area (Å²) >= 11 is 0. The Morgan fingerprint density at radius 3 is 3.00 bits per heavy atom. The molecule has 0 aromatic heterocycles. The lowest BCUT2D eigenvalue weighted by Crippen LogP contribution is -2.42. The van der Waals surface area contributed by atoms with Crippen LogP contribution in [0.2, 0.25) is 0 Å². The first-order chi connectivity index (χ1) is 9.00. The summed E-state index contributed by atoms with van der Waals surface area (Å²) in [5.41, 5.74) is -0.284. The van der Waals surface area contributed by atoms with Gasteiger partial charge in [0.15, 0.2) is 0 Å². The fourth-order valence-corrected chi connectivity index (χ4v) is 2.80. The third kappa shape index (κ3) is 2.37. The topological polar surface area (TPSA) is 46.5 Å². The minimum Gasteiger partial charge on any atom is -0.466 e. The van der Waals surface area contributed by atoms with Gasteiger partial charge in [0, 0.05) is 0 Å². The number of carbonyl (C=O) groups is 1. The predicted octanol–water partition coefficient (Wildman–Crippen LogP) is 2.55. The van der Waals surface area contributed by atoms with Crippen molar-refractivity contribution in [3.05, 3.63) is 35.1 Å². The van der Waals surface area contributed by atoms with Crippen LogP contribution < -0.4 is 0 Å². The lowest BCUT2D eigenvalue weighted by molar-refractivity contribution is -0.159. The third-order valence-corrected chi connectivity index (χ3v) is 3.93. The zero-order valence-corrected chi connectivity index (χ0v) is 11.3. The van der Waals surface area contributed by atoms with Gasteiger partial charge in [-0.2, -0.15) is 0 Å². The standard InChI is InChI=1S/C15H19FO3/c1-3-19-14(17)10(2)15(18)9-5-6-11-12(15)7-4-8-13(11)16/h4,7-8,10,18H,3,5-6,9H2,1-2H3. The molecule has 0 saturated carbocycles. The molecule has 104 valence electrons. The van der Waals surface area contributed by atoms with E-state index in [1.54, 1.807) is 26.0 Å². The molecule has 4 heteroatoms. The summed E-state index contributed by atoms with van der Waals surface area (Å²) in [6.45, 7) is 3.64. The molecule has 0 radical (unpaired) electrons. The van der Waals surface area contributed by atoms with Crippen LogP contribution in [0.4, 0.5) is 4.39 Å². The van der Waals surface area contributed by atoms with Gasteiger partial charge in [-0.15, -0.1) is 0 Å². The highest BCUT2D eigenvalue weighted by Crippen LogP contribution is 2.41. The first-order valence-electron chi connectivity index (χ1n) is 6.67. The molecule has 0 aliphatic heterocycles. The van der Waals surface area contributed by atoms with Crippen LogP contribution in [0.3, 0.4) is 0 Å². The molecule has 1 aromatic carbocycles. The van der Waals surface area contributed by atoms with Gasteiger partial charge in [-0.3, -0.25) is 4.79 Å². The first-order valence-corrected chi connectivity index (χ1v) is 6.67. The molecule has 0 fully saturated rings. The minimum absolute atomic E-state index is 0.273. The van der Waals surface area contributed by atoms with Gasteiger partial charge in [-0.05, 0) is 50.3 Å². The number of fused-ring (bicyclic) bond motifs is 1. The number of ether oxygens (including phenoxy) is 1. The molecular weight excluding hydrogens is 247 g/mol. The van der Waals surface area contributed by atoms with Crippen LogP contribution in [0.1, 0.15) is 37.8 Å². The molecule has 0 heterocycles. The fourth-order valence-electron chi connectivity index (χ4n) is 2.80. The Bertz CT molecular complexity index is 486. The molecule has 1 N–H and O–H groups in total. The van der Waals surface area contributed by atoms with Gasteiger partial charge in [0.2, 0.25) is 0 Å². The monoisotopic (exact) mass is 266 g/mol. The van der Waals surface area contributed by atoms with E-state index in [0.717, 1.165) is 0 Å². The summed E-state index contributed by atoms with van der Waals surface area (Å²) in [5.74, 6) is -1.46. The van der Waals surface area contributed by atoms with Crippen LogP contribution in [0.5, 0.6) is 0 Å². The van der Waals surface area contributed by atoms with Crippen LogP contribution in [-0.2, 0) is 21.6 Å². The maximum atomic E-state index is 13.8. The SMILES string of the molecule is CCOC(=O)C(C)C1(O)CCCc2c(F)cccc21. The lowest BCUT2D eigenvalue weighted by Gasteiger charge is -2.38. The van der Waals surface area contributed by atoms with Crippen molar-refractivity contribution < 1.29 is 19.0 Å². The van der Waals surface area contributed by atoms with E-state index in [0.29, 0.717) is 30.4 Å². The van der Waals surface area contributed by atoms with Gasteiger partial charge < -0.3 is 9.84 Å². The number of hydrogen-bond donors (Lipinski definition) is 1. The van der Waals surface area contributed by atoms with Crippen molar-refractivity contribution in [2.45, 2.75) is 38.7 Å². The highest BCUT2D eigenvalue weighted by molar-refractivity contribution is 5.74. The largest absolute Gasteiger partial charge is 0.466 e. The summed E-state index contributed by atoms with van der Waals surface area (Å²) in [6.07, 6.45) is 1.71. The van der Waals surface area contributed by atoms with Crippen LogP contribution in [0.15, 0.2) is 18.2 Å². The summed E-state index contributed by atoms with van der Waals surface area (Å²) in [5, 5.41) is 10.8. The van der Waals surface area contributed by atoms with Gasteiger partial charge in [-0.1, -0.05) is 12.1 Å². The Balaban J connectivity index is 2.41. The second kappa shape index (κ2) is 5.29. The number of benzene rings is 1. The van der Waals surface area contributed by atoms with Crippen molar-refractivity contribution in [1.82, 2.24) is 0 Å². The molecule has 2 atom stereocenters. The number of rotatable bonds is 3. The Hall–Kier alpha value is -1.42. The van der Waals surface area contributed by atoms with E-state index in [4.69, 9.17) is 4.74 Å². The molecule has 0 spiro atoms. The minimum atomic E-state index is -1.33. The van der Waals surface area contributed by atoms with Gasteiger partial charge in [0.1, 0.15) is 11.4 Å². The zero-order valence-electron chi connectivity index (χ0n) is 11.3. The second-order valence-electron chi connectivity index (χ2n) is 5.02. The maximum absolute atomic E-state index is 13.8. The molecule has 2 unspecified atom stereocenters. The Morgan fingerprint density at radius 1 is 1.58 bits per heavy atom. The summed E-state index contributed by atoms with van der Waals surface area (Å²) < 4.78 is 18.8. The molecule has 1 aromatic rings. The smallest absolute Gasteiger partial charge is 0.311 e. The Kier molecular flexibility index (Phi) is 3.90. The molecule has 2 rings (SSSR count). The van der Waals surface area contributed by atoms with Crippen molar-refractivity contribution in [2.75, 3.05) is 6.61 Å². The van der Waals surface area contributed by atoms with Crippen molar-refractivity contribution >= 4 is 5.97 Å². The second-order valence-corrected chi connectivity index (χ2v) is 5.02. The average molecular weight is 266 g/mol. The van der Waals surface area contributed by atoms with Crippen LogP contribution in [0, 0.1) is 11.7 Å². The molecule has 3 nitrogen and oxygen atoms in total. The van der Waals surface area contributed by atoms with E-state index >= 15 is 0 Å². The highest BCUT2D eigenvalue weighted by Gasteiger charge is 2.44. The van der Waals surface area contributed by atoms with Crippen LogP contribution in [-0.4, -0.2) is 17.7 Å². The van der Waals surface area contributed by atoms with Gasteiger partial charge >= 0.3 is 5.97 Å². The lowest BCUT2D eigenvalue weighted by atomic mass is 9.72. The summed E-state index contributed by atoms with van der Waals surface area (Å²) in [4.78, 5) is 11.9. The molecule has 1 aliphatic carbocycles. The molecule has 0 bridgehead atoms. The van der Waals surface area contributed by atoms with Gasteiger partial charge in [0.05, 0.1) is 12.5 Å². The van der Waals surface area contributed by atoms with E-state index < -0.39 is 17.5 Å². The predicted molar refractivity (Wildman–Crippen MR) is 69.0 cm³/mol. The third-order valence-electron chi connectivity index (χ3n) is 3.93. The first kappa shape index (κ1) is 14.0. The average Bonchev–Trinajstić information content (AvgIpc) is 2.39. The molecular formula is C15H19FO3. The van der Waals surface area contributed by atoms with Crippen LogP contribution in [0.25, 0.3) is 0 Å². The van der Waals surface area contributed by atoms with Crippen LogP contribution >= 0.6 is 0 Å². The number of carbonyl (C=O) groups excluding carboxylic acids is 1. The Labute approximate surface area is 112 Å². The highest BCUT2D eigenvalue weighted by atomic mass is 19.1. The van der Waals surface area contributed by atoms with E-state index in [2.05, 4.69) is 0 Å². The molecule has 1 aliphatic rings. The Morgan fingerprint density at radius 2 is 2.32 bits per heavy atom. The molecule has 0 saturated heterocycles. The summed E-state index contributed by atoms with van der Waals surface area (Å²) in [7, 11) is 0. The number of halogens is 1. The maximum Gasteiger partial charge on any atom is 0.311 e. The molecule has 0 amide bonds. The number of hydrogen-bond acceptors (Lipinski definition) is 3. The fraction of sp³-hybridized carbons (Fsp3) is 0.533. The van der Waals surface area contributed by atoms with E-state index in [1.807, 2.05) is 0 Å².